The molecule has 0 amide bonds. The molecule has 92 valence electrons. The molecule has 2 atom stereocenters. The van der Waals surface area contributed by atoms with Crippen molar-refractivity contribution in [1.29, 1.82) is 0 Å². The summed E-state index contributed by atoms with van der Waals surface area (Å²) in [5, 5.41) is 3.36. The van der Waals surface area contributed by atoms with E-state index in [-0.39, 0.29) is 10.8 Å². The van der Waals surface area contributed by atoms with Gasteiger partial charge in [-0.05, 0) is 38.6 Å². The predicted octanol–water partition coefficient (Wildman–Crippen LogP) is 0.743. The summed E-state index contributed by atoms with van der Waals surface area (Å²) in [5.41, 5.74) is -0.153. The van der Waals surface area contributed by atoms with Gasteiger partial charge in [0.25, 0.3) is 0 Å². The molecule has 5 heteroatoms. The number of sulfonamides is 1. The largest absolute Gasteiger partial charge is 0.312 e. The van der Waals surface area contributed by atoms with Gasteiger partial charge in [0.15, 0.2) is 0 Å². The van der Waals surface area contributed by atoms with E-state index in [4.69, 9.17) is 0 Å². The molecule has 2 unspecified atom stereocenters. The molecule has 0 bridgehead atoms. The van der Waals surface area contributed by atoms with Crippen molar-refractivity contribution in [2.45, 2.75) is 61.8 Å². The standard InChI is InChI=1S/C11H20N2O2S/c14-16(15,9-4-5-9)13-11-6-2-1-3-10(11)12-8-7-11/h9-10,12-13H,1-8H2. The van der Waals surface area contributed by atoms with Crippen molar-refractivity contribution in [3.8, 4) is 0 Å². The van der Waals surface area contributed by atoms with Gasteiger partial charge in [0.2, 0.25) is 10.0 Å². The second-order valence-electron chi connectivity index (χ2n) is 5.51. The van der Waals surface area contributed by atoms with Gasteiger partial charge in [-0.1, -0.05) is 12.8 Å². The first-order valence-electron chi connectivity index (χ1n) is 6.39. The maximum Gasteiger partial charge on any atom is 0.215 e. The fourth-order valence-electron chi connectivity index (χ4n) is 3.22. The normalized spacial score (nSPS) is 39.6. The SMILES string of the molecule is O=S(=O)(NC12CCCCC1NCC2)C1CC1. The molecule has 2 aliphatic carbocycles. The van der Waals surface area contributed by atoms with Crippen LogP contribution in [0, 0.1) is 0 Å². The Morgan fingerprint density at radius 1 is 1.12 bits per heavy atom. The Morgan fingerprint density at radius 2 is 1.94 bits per heavy atom. The first kappa shape index (κ1) is 11.0. The highest BCUT2D eigenvalue weighted by Gasteiger charge is 2.49. The van der Waals surface area contributed by atoms with E-state index in [0.717, 1.165) is 45.1 Å². The molecule has 3 aliphatic rings. The minimum absolute atomic E-state index is 0.0925. The summed E-state index contributed by atoms with van der Waals surface area (Å²) in [6.07, 6.45) is 7.18. The Morgan fingerprint density at radius 3 is 2.69 bits per heavy atom. The lowest BCUT2D eigenvalue weighted by Crippen LogP contribution is -2.58. The molecule has 3 rings (SSSR count). The van der Waals surface area contributed by atoms with Crippen LogP contribution < -0.4 is 10.0 Å². The zero-order valence-corrected chi connectivity index (χ0v) is 10.4. The maximum absolute atomic E-state index is 12.1. The topological polar surface area (TPSA) is 58.2 Å². The number of fused-ring (bicyclic) bond motifs is 1. The van der Waals surface area contributed by atoms with Crippen LogP contribution in [0.5, 0.6) is 0 Å². The summed E-state index contributed by atoms with van der Waals surface area (Å²) in [6.45, 7) is 0.956. The van der Waals surface area contributed by atoms with E-state index in [9.17, 15) is 8.42 Å². The van der Waals surface area contributed by atoms with E-state index in [0.29, 0.717) is 6.04 Å². The second kappa shape index (κ2) is 3.68. The van der Waals surface area contributed by atoms with Gasteiger partial charge < -0.3 is 5.32 Å². The van der Waals surface area contributed by atoms with Crippen molar-refractivity contribution in [1.82, 2.24) is 10.0 Å². The highest BCUT2D eigenvalue weighted by atomic mass is 32.2. The summed E-state index contributed by atoms with van der Waals surface area (Å²) in [6, 6.07) is 0.370. The number of nitrogens with one attached hydrogen (secondary N) is 2. The number of hydrogen-bond acceptors (Lipinski definition) is 3. The van der Waals surface area contributed by atoms with Crippen molar-refractivity contribution in [3.63, 3.8) is 0 Å². The van der Waals surface area contributed by atoms with Gasteiger partial charge in [-0.2, -0.15) is 0 Å². The Kier molecular flexibility index (Phi) is 2.53. The highest BCUT2D eigenvalue weighted by molar-refractivity contribution is 7.90. The van der Waals surface area contributed by atoms with Crippen molar-refractivity contribution in [2.24, 2.45) is 0 Å². The van der Waals surface area contributed by atoms with Crippen LogP contribution >= 0.6 is 0 Å². The Hall–Kier alpha value is -0.130. The van der Waals surface area contributed by atoms with Crippen LogP contribution in [0.4, 0.5) is 0 Å². The van der Waals surface area contributed by atoms with Crippen molar-refractivity contribution < 1.29 is 8.42 Å². The Bertz CT molecular complexity index is 377. The molecule has 2 saturated carbocycles. The highest BCUT2D eigenvalue weighted by Crippen LogP contribution is 2.37. The van der Waals surface area contributed by atoms with Crippen LogP contribution in [-0.4, -0.2) is 31.8 Å². The molecule has 0 aromatic heterocycles. The molecule has 1 aliphatic heterocycles. The van der Waals surface area contributed by atoms with Crippen LogP contribution in [0.15, 0.2) is 0 Å². The van der Waals surface area contributed by atoms with Crippen molar-refractivity contribution in [3.05, 3.63) is 0 Å². The third-order valence-electron chi connectivity index (χ3n) is 4.30. The van der Waals surface area contributed by atoms with Crippen LogP contribution in [0.1, 0.15) is 44.9 Å². The van der Waals surface area contributed by atoms with Gasteiger partial charge in [-0.15, -0.1) is 0 Å². The average molecular weight is 244 g/mol. The molecular weight excluding hydrogens is 224 g/mol. The molecule has 2 N–H and O–H groups in total. The summed E-state index contributed by atoms with van der Waals surface area (Å²) < 4.78 is 27.2. The molecule has 0 aromatic rings. The zero-order chi connectivity index (χ0) is 11.2. The van der Waals surface area contributed by atoms with Gasteiger partial charge in [0.1, 0.15) is 0 Å². The quantitative estimate of drug-likeness (QED) is 0.770. The molecule has 4 nitrogen and oxygen atoms in total. The summed E-state index contributed by atoms with van der Waals surface area (Å²) in [5.74, 6) is 0. The number of hydrogen-bond donors (Lipinski definition) is 2. The molecule has 1 saturated heterocycles. The van der Waals surface area contributed by atoms with Gasteiger partial charge in [0, 0.05) is 11.6 Å². The third kappa shape index (κ3) is 1.79. The molecule has 1 heterocycles. The fraction of sp³-hybridized carbons (Fsp3) is 1.00. The number of rotatable bonds is 3. The van der Waals surface area contributed by atoms with E-state index < -0.39 is 10.0 Å². The van der Waals surface area contributed by atoms with E-state index >= 15 is 0 Å². The van der Waals surface area contributed by atoms with Gasteiger partial charge in [0.05, 0.1) is 5.25 Å². The van der Waals surface area contributed by atoms with E-state index in [1.165, 1.54) is 6.42 Å². The minimum atomic E-state index is -3.04. The maximum atomic E-state index is 12.1. The molecule has 3 fully saturated rings. The van der Waals surface area contributed by atoms with Gasteiger partial charge >= 0.3 is 0 Å². The van der Waals surface area contributed by atoms with Crippen molar-refractivity contribution >= 4 is 10.0 Å². The predicted molar refractivity (Wildman–Crippen MR) is 62.7 cm³/mol. The summed E-state index contributed by atoms with van der Waals surface area (Å²) >= 11 is 0. The third-order valence-corrected chi connectivity index (χ3v) is 6.34. The smallest absolute Gasteiger partial charge is 0.215 e. The van der Waals surface area contributed by atoms with E-state index in [2.05, 4.69) is 10.0 Å². The lowest BCUT2D eigenvalue weighted by atomic mass is 9.79. The Labute approximate surface area is 97.2 Å². The minimum Gasteiger partial charge on any atom is -0.312 e. The first-order chi connectivity index (χ1) is 7.62. The lowest BCUT2D eigenvalue weighted by molar-refractivity contribution is 0.247. The molecule has 0 spiro atoms. The van der Waals surface area contributed by atoms with Crippen molar-refractivity contribution in [2.75, 3.05) is 6.54 Å². The molecular formula is C11H20N2O2S. The second-order valence-corrected chi connectivity index (χ2v) is 7.47. The monoisotopic (exact) mass is 244 g/mol. The Balaban J connectivity index is 1.80. The van der Waals surface area contributed by atoms with E-state index in [1.807, 2.05) is 0 Å². The summed E-state index contributed by atoms with van der Waals surface area (Å²) in [7, 11) is -3.04. The molecule has 0 aromatic carbocycles. The van der Waals surface area contributed by atoms with Gasteiger partial charge in [-0.25, -0.2) is 13.1 Å². The van der Waals surface area contributed by atoms with Crippen LogP contribution in [0.3, 0.4) is 0 Å². The van der Waals surface area contributed by atoms with Crippen LogP contribution in [0.25, 0.3) is 0 Å². The van der Waals surface area contributed by atoms with Crippen LogP contribution in [0.2, 0.25) is 0 Å². The molecule has 0 radical (unpaired) electrons. The fourth-order valence-corrected chi connectivity index (χ4v) is 5.06. The lowest BCUT2D eigenvalue weighted by Gasteiger charge is -2.39. The molecule has 16 heavy (non-hydrogen) atoms. The summed E-state index contributed by atoms with van der Waals surface area (Å²) in [4.78, 5) is 0. The zero-order valence-electron chi connectivity index (χ0n) is 9.54. The van der Waals surface area contributed by atoms with Gasteiger partial charge in [-0.3, -0.25) is 0 Å². The van der Waals surface area contributed by atoms with E-state index in [1.54, 1.807) is 0 Å². The first-order valence-corrected chi connectivity index (χ1v) is 7.93. The average Bonchev–Trinajstić information content (AvgIpc) is 3.00. The van der Waals surface area contributed by atoms with Crippen LogP contribution in [-0.2, 0) is 10.0 Å².